The number of rotatable bonds is 4. The van der Waals surface area contributed by atoms with Gasteiger partial charge in [-0.25, -0.2) is 4.79 Å². The normalized spacial score (nSPS) is 19.9. The Morgan fingerprint density at radius 2 is 2.15 bits per heavy atom. The number of amides is 2. The first-order valence-corrected chi connectivity index (χ1v) is 6.83. The van der Waals surface area contributed by atoms with Crippen LogP contribution in [0.4, 0.5) is 4.79 Å². The van der Waals surface area contributed by atoms with E-state index in [0.717, 1.165) is 36.5 Å². The molecule has 0 radical (unpaired) electrons. The van der Waals surface area contributed by atoms with Gasteiger partial charge in [-0.1, -0.05) is 6.07 Å². The summed E-state index contributed by atoms with van der Waals surface area (Å²) in [7, 11) is 0. The van der Waals surface area contributed by atoms with Gasteiger partial charge in [-0.15, -0.1) is 0 Å². The molecule has 2 aliphatic heterocycles. The van der Waals surface area contributed by atoms with Crippen molar-refractivity contribution in [3.63, 3.8) is 0 Å². The lowest BCUT2D eigenvalue weighted by molar-refractivity contribution is 0.111. The maximum absolute atomic E-state index is 11.7. The molecule has 0 unspecified atom stereocenters. The van der Waals surface area contributed by atoms with E-state index in [0.29, 0.717) is 13.1 Å². The van der Waals surface area contributed by atoms with E-state index >= 15 is 0 Å². The molecule has 0 bridgehead atoms. The first-order chi connectivity index (χ1) is 9.81. The topological polar surface area (TPSA) is 68.8 Å². The third kappa shape index (κ3) is 3.14. The molecule has 1 atom stereocenters. The zero-order valence-electron chi connectivity index (χ0n) is 11.2. The van der Waals surface area contributed by atoms with Crippen molar-refractivity contribution in [2.75, 3.05) is 19.9 Å². The van der Waals surface area contributed by atoms with Gasteiger partial charge in [-0.2, -0.15) is 0 Å². The zero-order valence-corrected chi connectivity index (χ0v) is 11.2. The van der Waals surface area contributed by atoms with Gasteiger partial charge in [-0.3, -0.25) is 0 Å². The highest BCUT2D eigenvalue weighted by molar-refractivity contribution is 5.73. The van der Waals surface area contributed by atoms with Crippen LogP contribution in [0.5, 0.6) is 11.5 Å². The molecule has 2 amide bonds. The minimum absolute atomic E-state index is 0.159. The van der Waals surface area contributed by atoms with Crippen LogP contribution < -0.4 is 20.1 Å². The van der Waals surface area contributed by atoms with Gasteiger partial charge >= 0.3 is 6.03 Å². The molecular weight excluding hydrogens is 260 g/mol. The Kier molecular flexibility index (Phi) is 3.92. The fourth-order valence-corrected chi connectivity index (χ4v) is 2.31. The zero-order chi connectivity index (χ0) is 13.8. The first-order valence-electron chi connectivity index (χ1n) is 6.83. The number of ether oxygens (including phenoxy) is 3. The number of carbonyl (C=O) groups is 1. The van der Waals surface area contributed by atoms with Crippen molar-refractivity contribution in [1.82, 2.24) is 10.6 Å². The van der Waals surface area contributed by atoms with E-state index in [2.05, 4.69) is 10.6 Å². The van der Waals surface area contributed by atoms with Crippen LogP contribution in [0, 0.1) is 0 Å². The highest BCUT2D eigenvalue weighted by atomic mass is 16.7. The van der Waals surface area contributed by atoms with Gasteiger partial charge in [0.2, 0.25) is 6.79 Å². The standard InChI is InChI=1S/C14H18N2O4/c17-14(16-8-11-2-1-5-18-11)15-7-10-3-4-12-13(6-10)20-9-19-12/h3-4,6,11H,1-2,5,7-9H2,(H2,15,16,17)/t11-/m1/s1. The summed E-state index contributed by atoms with van der Waals surface area (Å²) >= 11 is 0. The molecule has 20 heavy (non-hydrogen) atoms. The number of hydrogen-bond donors (Lipinski definition) is 2. The van der Waals surface area contributed by atoms with Gasteiger partial charge in [-0.05, 0) is 30.5 Å². The minimum atomic E-state index is -0.182. The molecule has 108 valence electrons. The molecule has 1 fully saturated rings. The second-order valence-corrected chi connectivity index (χ2v) is 4.89. The van der Waals surface area contributed by atoms with Crippen molar-refractivity contribution < 1.29 is 19.0 Å². The van der Waals surface area contributed by atoms with Crippen LogP contribution in [0.1, 0.15) is 18.4 Å². The highest BCUT2D eigenvalue weighted by Crippen LogP contribution is 2.32. The maximum atomic E-state index is 11.7. The van der Waals surface area contributed by atoms with Crippen LogP contribution in [-0.2, 0) is 11.3 Å². The van der Waals surface area contributed by atoms with Gasteiger partial charge < -0.3 is 24.8 Å². The molecule has 1 saturated heterocycles. The van der Waals surface area contributed by atoms with E-state index in [1.54, 1.807) is 0 Å². The summed E-state index contributed by atoms with van der Waals surface area (Å²) in [5.41, 5.74) is 0.974. The molecule has 2 heterocycles. The molecule has 2 aliphatic rings. The summed E-state index contributed by atoms with van der Waals surface area (Å²) in [6, 6.07) is 5.46. The van der Waals surface area contributed by atoms with Gasteiger partial charge in [0.1, 0.15) is 0 Å². The Morgan fingerprint density at radius 1 is 1.25 bits per heavy atom. The SMILES string of the molecule is O=C(NCc1ccc2c(c1)OCO2)NC[C@H]1CCCO1. The Morgan fingerprint density at radius 3 is 3.00 bits per heavy atom. The number of hydrogen-bond acceptors (Lipinski definition) is 4. The van der Waals surface area contributed by atoms with Crippen LogP contribution in [0.25, 0.3) is 0 Å². The summed E-state index contributed by atoms with van der Waals surface area (Å²) in [4.78, 5) is 11.7. The van der Waals surface area contributed by atoms with E-state index in [1.165, 1.54) is 0 Å². The largest absolute Gasteiger partial charge is 0.454 e. The van der Waals surface area contributed by atoms with Gasteiger partial charge in [0.25, 0.3) is 0 Å². The summed E-state index contributed by atoms with van der Waals surface area (Å²) < 4.78 is 16.0. The summed E-state index contributed by atoms with van der Waals surface area (Å²) in [6.45, 7) is 2.07. The molecule has 0 aliphatic carbocycles. The highest BCUT2D eigenvalue weighted by Gasteiger charge is 2.16. The molecule has 2 N–H and O–H groups in total. The smallest absolute Gasteiger partial charge is 0.315 e. The third-order valence-electron chi connectivity index (χ3n) is 3.40. The van der Waals surface area contributed by atoms with E-state index in [4.69, 9.17) is 14.2 Å². The average Bonchev–Trinajstić information content (AvgIpc) is 3.13. The molecule has 6 heteroatoms. The van der Waals surface area contributed by atoms with E-state index in [9.17, 15) is 4.79 Å². The predicted octanol–water partition coefficient (Wildman–Crippen LogP) is 1.39. The average molecular weight is 278 g/mol. The number of benzene rings is 1. The number of nitrogens with one attached hydrogen (secondary N) is 2. The molecule has 1 aromatic carbocycles. The van der Waals surface area contributed by atoms with E-state index in [1.807, 2.05) is 18.2 Å². The molecule has 6 nitrogen and oxygen atoms in total. The number of fused-ring (bicyclic) bond motifs is 1. The van der Waals surface area contributed by atoms with Crippen LogP contribution in [-0.4, -0.2) is 32.1 Å². The monoisotopic (exact) mass is 278 g/mol. The Bertz CT molecular complexity index is 486. The van der Waals surface area contributed by atoms with Crippen molar-refractivity contribution >= 4 is 6.03 Å². The third-order valence-corrected chi connectivity index (χ3v) is 3.40. The lowest BCUT2D eigenvalue weighted by atomic mass is 10.2. The number of carbonyl (C=O) groups excluding carboxylic acids is 1. The second-order valence-electron chi connectivity index (χ2n) is 4.89. The molecular formula is C14H18N2O4. The Balaban J connectivity index is 1.43. The van der Waals surface area contributed by atoms with E-state index < -0.39 is 0 Å². The van der Waals surface area contributed by atoms with E-state index in [-0.39, 0.29) is 18.9 Å². The van der Waals surface area contributed by atoms with Crippen molar-refractivity contribution in [3.05, 3.63) is 23.8 Å². The maximum Gasteiger partial charge on any atom is 0.315 e. The fourth-order valence-electron chi connectivity index (χ4n) is 2.31. The predicted molar refractivity (Wildman–Crippen MR) is 71.8 cm³/mol. The Labute approximate surface area is 117 Å². The van der Waals surface area contributed by atoms with Crippen molar-refractivity contribution in [2.24, 2.45) is 0 Å². The van der Waals surface area contributed by atoms with Gasteiger partial charge in [0.15, 0.2) is 11.5 Å². The van der Waals surface area contributed by atoms with Crippen LogP contribution >= 0.6 is 0 Å². The van der Waals surface area contributed by atoms with Crippen LogP contribution in [0.15, 0.2) is 18.2 Å². The lowest BCUT2D eigenvalue weighted by Gasteiger charge is -2.11. The van der Waals surface area contributed by atoms with Gasteiger partial charge in [0.05, 0.1) is 6.10 Å². The van der Waals surface area contributed by atoms with Crippen LogP contribution in [0.2, 0.25) is 0 Å². The lowest BCUT2D eigenvalue weighted by Crippen LogP contribution is -2.39. The molecule has 3 rings (SSSR count). The quantitative estimate of drug-likeness (QED) is 0.873. The summed E-state index contributed by atoms with van der Waals surface area (Å²) in [5, 5.41) is 5.63. The molecule has 0 saturated carbocycles. The summed E-state index contributed by atoms with van der Waals surface area (Å²) in [5.74, 6) is 1.47. The van der Waals surface area contributed by atoms with Crippen molar-refractivity contribution in [3.8, 4) is 11.5 Å². The van der Waals surface area contributed by atoms with Crippen LogP contribution in [0.3, 0.4) is 0 Å². The molecule has 0 spiro atoms. The van der Waals surface area contributed by atoms with Crippen molar-refractivity contribution in [2.45, 2.75) is 25.5 Å². The van der Waals surface area contributed by atoms with Crippen molar-refractivity contribution in [1.29, 1.82) is 0 Å². The molecule has 0 aromatic heterocycles. The Hall–Kier alpha value is -1.95. The number of urea groups is 1. The second kappa shape index (κ2) is 6.00. The fraction of sp³-hybridized carbons (Fsp3) is 0.500. The molecule has 1 aromatic rings. The summed E-state index contributed by atoms with van der Waals surface area (Å²) in [6.07, 6.45) is 2.25. The van der Waals surface area contributed by atoms with Gasteiger partial charge in [0, 0.05) is 19.7 Å². The first kappa shape index (κ1) is 13.1. The minimum Gasteiger partial charge on any atom is -0.454 e.